The van der Waals surface area contributed by atoms with Crippen LogP contribution < -0.4 is 15.0 Å². The van der Waals surface area contributed by atoms with Gasteiger partial charge in [-0.05, 0) is 42.8 Å². The summed E-state index contributed by atoms with van der Waals surface area (Å²) in [5.74, 6) is -0.893. The Morgan fingerprint density at radius 1 is 1.08 bits per heavy atom. The fraction of sp³-hybridized carbons (Fsp3) is 0.111. The standard InChI is InChI=1S/C18H13BrCl2N2O3/c1-9-7-13(14(26-2)8-12(9)20)23-17(24)15(21)16(18(23)25)22-11-5-3-10(19)4-6-11/h3-8,22H,1-2H3. The number of methoxy groups -OCH3 is 1. The predicted octanol–water partition coefficient (Wildman–Crippen LogP) is 4.86. The summed E-state index contributed by atoms with van der Waals surface area (Å²) in [6.45, 7) is 1.77. The van der Waals surface area contributed by atoms with Crippen LogP contribution in [0.3, 0.4) is 0 Å². The summed E-state index contributed by atoms with van der Waals surface area (Å²) < 4.78 is 6.16. The van der Waals surface area contributed by atoms with Crippen LogP contribution in [0.1, 0.15) is 5.56 Å². The van der Waals surface area contributed by atoms with E-state index in [9.17, 15) is 9.59 Å². The van der Waals surface area contributed by atoms with Crippen LogP contribution in [0.5, 0.6) is 5.75 Å². The van der Waals surface area contributed by atoms with Gasteiger partial charge in [0.15, 0.2) is 0 Å². The Labute approximate surface area is 168 Å². The van der Waals surface area contributed by atoms with Gasteiger partial charge in [0, 0.05) is 21.2 Å². The minimum absolute atomic E-state index is 0.00800. The number of halogens is 3. The molecule has 0 bridgehead atoms. The van der Waals surface area contributed by atoms with Crippen LogP contribution in [-0.4, -0.2) is 18.9 Å². The zero-order valence-corrected chi connectivity index (χ0v) is 16.9. The van der Waals surface area contributed by atoms with Crippen molar-refractivity contribution in [3.8, 4) is 5.75 Å². The van der Waals surface area contributed by atoms with Crippen molar-refractivity contribution in [3.63, 3.8) is 0 Å². The molecule has 3 rings (SSSR count). The van der Waals surface area contributed by atoms with Gasteiger partial charge in [-0.25, -0.2) is 4.90 Å². The normalized spacial score (nSPS) is 14.3. The molecule has 26 heavy (non-hydrogen) atoms. The summed E-state index contributed by atoms with van der Waals surface area (Å²) in [7, 11) is 1.44. The zero-order chi connectivity index (χ0) is 19.0. The van der Waals surface area contributed by atoms with Gasteiger partial charge >= 0.3 is 0 Å². The number of nitrogens with one attached hydrogen (secondary N) is 1. The van der Waals surface area contributed by atoms with E-state index in [1.54, 1.807) is 43.3 Å². The second kappa shape index (κ2) is 7.31. The summed E-state index contributed by atoms with van der Waals surface area (Å²) in [4.78, 5) is 26.5. The highest BCUT2D eigenvalue weighted by molar-refractivity contribution is 9.10. The quantitative estimate of drug-likeness (QED) is 0.669. The first-order chi connectivity index (χ1) is 12.3. The van der Waals surface area contributed by atoms with E-state index in [0.717, 1.165) is 9.37 Å². The highest BCUT2D eigenvalue weighted by Crippen LogP contribution is 2.38. The highest BCUT2D eigenvalue weighted by atomic mass is 79.9. The molecule has 2 aromatic rings. The molecule has 1 aliphatic rings. The topological polar surface area (TPSA) is 58.6 Å². The summed E-state index contributed by atoms with van der Waals surface area (Å²) in [6, 6.07) is 10.3. The van der Waals surface area contributed by atoms with Gasteiger partial charge in [0.05, 0.1) is 12.8 Å². The number of amides is 2. The SMILES string of the molecule is COc1cc(Cl)c(C)cc1N1C(=O)C(Cl)=C(Nc2ccc(Br)cc2)C1=O. The fourth-order valence-electron chi connectivity index (χ4n) is 2.49. The lowest BCUT2D eigenvalue weighted by Crippen LogP contribution is -2.32. The van der Waals surface area contributed by atoms with E-state index < -0.39 is 11.8 Å². The molecule has 0 atom stereocenters. The Morgan fingerprint density at radius 3 is 2.35 bits per heavy atom. The summed E-state index contributed by atoms with van der Waals surface area (Å²) in [5, 5.41) is 3.19. The summed E-state index contributed by atoms with van der Waals surface area (Å²) in [6.07, 6.45) is 0. The van der Waals surface area contributed by atoms with Crippen LogP contribution in [0.4, 0.5) is 11.4 Å². The first-order valence-corrected chi connectivity index (χ1v) is 9.03. The number of aryl methyl sites for hydroxylation is 1. The molecule has 0 unspecified atom stereocenters. The van der Waals surface area contributed by atoms with E-state index in [4.69, 9.17) is 27.9 Å². The van der Waals surface area contributed by atoms with Gasteiger partial charge in [-0.15, -0.1) is 0 Å². The second-order valence-corrected chi connectivity index (χ2v) is 7.24. The zero-order valence-electron chi connectivity index (χ0n) is 13.8. The van der Waals surface area contributed by atoms with Crippen molar-refractivity contribution in [1.29, 1.82) is 0 Å². The average Bonchev–Trinajstić information content (AvgIpc) is 2.82. The maximum absolute atomic E-state index is 12.9. The molecule has 134 valence electrons. The maximum Gasteiger partial charge on any atom is 0.283 e. The number of carbonyl (C=O) groups is 2. The third-order valence-corrected chi connectivity index (χ3v) is 5.13. The predicted molar refractivity (Wildman–Crippen MR) is 106 cm³/mol. The molecule has 0 aromatic heterocycles. The van der Waals surface area contributed by atoms with Crippen molar-refractivity contribution in [3.05, 3.63) is 62.2 Å². The molecule has 2 aromatic carbocycles. The van der Waals surface area contributed by atoms with Crippen molar-refractivity contribution >= 4 is 62.3 Å². The largest absolute Gasteiger partial charge is 0.494 e. The van der Waals surface area contributed by atoms with Crippen molar-refractivity contribution in [1.82, 2.24) is 0 Å². The van der Waals surface area contributed by atoms with Crippen LogP contribution in [0.2, 0.25) is 5.02 Å². The van der Waals surface area contributed by atoms with Crippen molar-refractivity contribution in [2.45, 2.75) is 6.92 Å². The Morgan fingerprint density at radius 2 is 1.73 bits per heavy atom. The third-order valence-electron chi connectivity index (χ3n) is 3.84. The Kier molecular flexibility index (Phi) is 5.27. The molecule has 0 radical (unpaired) electrons. The van der Waals surface area contributed by atoms with Gasteiger partial charge in [-0.1, -0.05) is 39.1 Å². The molecule has 0 spiro atoms. The van der Waals surface area contributed by atoms with Crippen LogP contribution in [0.25, 0.3) is 0 Å². The summed E-state index contributed by atoms with van der Waals surface area (Å²) >= 11 is 15.6. The number of carbonyl (C=O) groups excluding carboxylic acids is 2. The lowest BCUT2D eigenvalue weighted by molar-refractivity contribution is -0.120. The summed E-state index contributed by atoms with van der Waals surface area (Å²) in [5.41, 5.74) is 1.63. The van der Waals surface area contributed by atoms with E-state index in [2.05, 4.69) is 21.2 Å². The highest BCUT2D eigenvalue weighted by Gasteiger charge is 2.40. The van der Waals surface area contributed by atoms with E-state index in [1.165, 1.54) is 7.11 Å². The number of rotatable bonds is 4. The van der Waals surface area contributed by atoms with Gasteiger partial charge in [0.25, 0.3) is 11.8 Å². The molecule has 0 saturated heterocycles. The molecular formula is C18H13BrCl2N2O3. The first-order valence-electron chi connectivity index (χ1n) is 7.48. The number of nitrogens with zero attached hydrogens (tertiary/aromatic N) is 1. The number of ether oxygens (including phenoxy) is 1. The molecule has 5 nitrogen and oxygen atoms in total. The van der Waals surface area contributed by atoms with Crippen molar-refractivity contribution < 1.29 is 14.3 Å². The lowest BCUT2D eigenvalue weighted by Gasteiger charge is -2.19. The molecule has 0 saturated carbocycles. The molecule has 0 fully saturated rings. The minimum atomic E-state index is -0.628. The molecule has 8 heteroatoms. The van der Waals surface area contributed by atoms with Crippen LogP contribution >= 0.6 is 39.1 Å². The van der Waals surface area contributed by atoms with E-state index in [-0.39, 0.29) is 16.4 Å². The van der Waals surface area contributed by atoms with Crippen molar-refractivity contribution in [2.24, 2.45) is 0 Å². The van der Waals surface area contributed by atoms with Gasteiger partial charge in [0.1, 0.15) is 16.5 Å². The van der Waals surface area contributed by atoms with E-state index in [1.807, 2.05) is 0 Å². The Hall–Kier alpha value is -2.02. The number of anilines is 2. The Balaban J connectivity index is 1.98. The van der Waals surface area contributed by atoms with E-state index in [0.29, 0.717) is 22.0 Å². The minimum Gasteiger partial charge on any atom is -0.494 e. The Bertz CT molecular complexity index is 942. The van der Waals surface area contributed by atoms with Crippen LogP contribution in [-0.2, 0) is 9.59 Å². The fourth-order valence-corrected chi connectivity index (χ4v) is 3.12. The number of hydrogen-bond acceptors (Lipinski definition) is 4. The van der Waals surface area contributed by atoms with Gasteiger partial charge in [0.2, 0.25) is 0 Å². The second-order valence-electron chi connectivity index (χ2n) is 5.54. The van der Waals surface area contributed by atoms with Crippen LogP contribution in [0.15, 0.2) is 51.6 Å². The van der Waals surface area contributed by atoms with Gasteiger partial charge in [-0.2, -0.15) is 0 Å². The van der Waals surface area contributed by atoms with Crippen LogP contribution in [0, 0.1) is 6.92 Å². The molecule has 1 heterocycles. The molecule has 0 aliphatic carbocycles. The lowest BCUT2D eigenvalue weighted by atomic mass is 10.2. The molecule has 1 aliphatic heterocycles. The van der Waals surface area contributed by atoms with Gasteiger partial charge < -0.3 is 10.1 Å². The maximum atomic E-state index is 12.9. The van der Waals surface area contributed by atoms with Crippen molar-refractivity contribution in [2.75, 3.05) is 17.3 Å². The smallest absolute Gasteiger partial charge is 0.283 e. The first kappa shape index (κ1) is 18.8. The molecule has 1 N–H and O–H groups in total. The van der Waals surface area contributed by atoms with E-state index >= 15 is 0 Å². The van der Waals surface area contributed by atoms with Gasteiger partial charge in [-0.3, -0.25) is 9.59 Å². The monoisotopic (exact) mass is 454 g/mol. The molecule has 2 amide bonds. The molecular weight excluding hydrogens is 443 g/mol. The average molecular weight is 456 g/mol. The number of hydrogen-bond donors (Lipinski definition) is 1. The number of imide groups is 1. The third kappa shape index (κ3) is 3.32. The number of benzene rings is 2.